The normalized spacial score (nSPS) is 10.5. The molecule has 0 radical (unpaired) electrons. The summed E-state index contributed by atoms with van der Waals surface area (Å²) in [5.74, 6) is 0. The van der Waals surface area contributed by atoms with E-state index < -0.39 is 0 Å². The average Bonchev–Trinajstić information content (AvgIpc) is 2.49. The quantitative estimate of drug-likeness (QED) is 0.834. The Balaban J connectivity index is 2.25. The summed E-state index contributed by atoms with van der Waals surface area (Å²) >= 11 is 8.63. The molecule has 0 bridgehead atoms. The Morgan fingerprint density at radius 3 is 2.53 bits per heavy atom. The molecular weight excluding hydrogens is 272 g/mol. The van der Waals surface area contributed by atoms with Crippen molar-refractivity contribution in [3.05, 3.63) is 50.7 Å². The number of halogens is 1. The van der Waals surface area contributed by atoms with Crippen LogP contribution in [0.2, 0.25) is 0 Å². The smallest absolute Gasteiger partial charge is 0.122 e. The van der Waals surface area contributed by atoms with Crippen molar-refractivity contribution in [2.45, 2.75) is 13.5 Å². The highest BCUT2D eigenvalue weighted by Gasteiger charge is 1.98. The second-order valence-electron chi connectivity index (χ2n) is 3.49. The first-order valence-corrected chi connectivity index (χ1v) is 5.86. The van der Waals surface area contributed by atoms with Crippen LogP contribution in [0.25, 0.3) is 0 Å². The van der Waals surface area contributed by atoms with E-state index in [1.165, 1.54) is 5.56 Å². The summed E-state index contributed by atoms with van der Waals surface area (Å²) < 4.78 is 3.90. The zero-order valence-corrected chi connectivity index (χ0v) is 10.7. The summed E-state index contributed by atoms with van der Waals surface area (Å²) in [5, 5.41) is 3.21. The van der Waals surface area contributed by atoms with Gasteiger partial charge in [-0.05, 0) is 30.7 Å². The molecule has 2 rings (SSSR count). The van der Waals surface area contributed by atoms with Crippen LogP contribution in [0.4, 0.5) is 0 Å². The van der Waals surface area contributed by atoms with Gasteiger partial charge in [0.05, 0.1) is 6.54 Å². The van der Waals surface area contributed by atoms with E-state index in [1.54, 1.807) is 0 Å². The zero-order valence-electron chi connectivity index (χ0n) is 8.33. The topological polar surface area (TPSA) is 20.7 Å². The molecule has 0 aliphatic carbocycles. The van der Waals surface area contributed by atoms with Crippen LogP contribution in [-0.2, 0) is 6.54 Å². The van der Waals surface area contributed by atoms with Crippen molar-refractivity contribution < 1.29 is 0 Å². The molecule has 0 unspecified atom stereocenters. The third kappa shape index (κ3) is 2.58. The fourth-order valence-corrected chi connectivity index (χ4v) is 2.00. The molecule has 1 aromatic heterocycles. The zero-order chi connectivity index (χ0) is 10.8. The maximum absolute atomic E-state index is 5.22. The van der Waals surface area contributed by atoms with E-state index in [0.29, 0.717) is 0 Å². The minimum Gasteiger partial charge on any atom is -0.302 e. The summed E-state index contributed by atoms with van der Waals surface area (Å²) in [6.07, 6.45) is 0. The van der Waals surface area contributed by atoms with Gasteiger partial charge in [0.25, 0.3) is 0 Å². The van der Waals surface area contributed by atoms with Gasteiger partial charge in [-0.15, -0.1) is 0 Å². The molecule has 2 aromatic rings. The highest BCUT2D eigenvalue weighted by Crippen LogP contribution is 2.11. The number of aromatic nitrogens is 2. The van der Waals surface area contributed by atoms with Crippen LogP contribution in [0.15, 0.2) is 34.8 Å². The van der Waals surface area contributed by atoms with E-state index in [1.807, 2.05) is 29.8 Å². The monoisotopic (exact) mass is 282 g/mol. The second-order valence-corrected chi connectivity index (χ2v) is 4.82. The van der Waals surface area contributed by atoms with E-state index in [2.05, 4.69) is 33.2 Å². The van der Waals surface area contributed by atoms with Gasteiger partial charge in [-0.25, -0.2) is 0 Å². The fraction of sp³-hybridized carbons (Fsp3) is 0.182. The van der Waals surface area contributed by atoms with E-state index in [-0.39, 0.29) is 0 Å². The Morgan fingerprint density at radius 2 is 2.00 bits per heavy atom. The number of hydrogen-bond donors (Lipinski definition) is 1. The predicted molar refractivity (Wildman–Crippen MR) is 67.6 cm³/mol. The molecule has 2 nitrogen and oxygen atoms in total. The molecule has 78 valence electrons. The molecule has 4 heteroatoms. The summed E-state index contributed by atoms with van der Waals surface area (Å²) in [6.45, 7) is 2.80. The number of hydrogen-bond acceptors (Lipinski definition) is 1. The van der Waals surface area contributed by atoms with Gasteiger partial charge in [0.1, 0.15) is 4.64 Å². The molecule has 1 aromatic carbocycles. The van der Waals surface area contributed by atoms with Gasteiger partial charge >= 0.3 is 0 Å². The van der Waals surface area contributed by atoms with Crippen molar-refractivity contribution in [3.8, 4) is 0 Å². The molecule has 1 N–H and O–H groups in total. The molecule has 0 amide bonds. The first-order chi connectivity index (χ1) is 7.15. The molecule has 0 saturated heterocycles. The molecule has 15 heavy (non-hydrogen) atoms. The van der Waals surface area contributed by atoms with Gasteiger partial charge in [-0.1, -0.05) is 40.3 Å². The van der Waals surface area contributed by atoms with Gasteiger partial charge in [-0.2, -0.15) is 0 Å². The third-order valence-electron chi connectivity index (χ3n) is 2.17. The second kappa shape index (κ2) is 4.33. The minimum absolute atomic E-state index is 0.792. The number of benzene rings is 1. The Kier molecular flexibility index (Phi) is 3.07. The lowest BCUT2D eigenvalue weighted by Crippen LogP contribution is -2.01. The Labute approximate surface area is 102 Å². The van der Waals surface area contributed by atoms with Crippen LogP contribution in [0.1, 0.15) is 11.3 Å². The molecule has 0 saturated carbocycles. The van der Waals surface area contributed by atoms with Crippen LogP contribution < -0.4 is 0 Å². The summed E-state index contributed by atoms with van der Waals surface area (Å²) in [7, 11) is 0. The van der Waals surface area contributed by atoms with Gasteiger partial charge < -0.3 is 5.10 Å². The lowest BCUT2D eigenvalue weighted by Gasteiger charge is -2.03. The minimum atomic E-state index is 0.792. The van der Waals surface area contributed by atoms with Crippen molar-refractivity contribution in [1.82, 2.24) is 9.78 Å². The number of H-pyrrole nitrogens is 1. The van der Waals surface area contributed by atoms with Crippen LogP contribution in [0.5, 0.6) is 0 Å². The number of aromatic amines is 1. The van der Waals surface area contributed by atoms with Crippen molar-refractivity contribution in [1.29, 1.82) is 0 Å². The van der Waals surface area contributed by atoms with E-state index in [9.17, 15) is 0 Å². The highest BCUT2D eigenvalue weighted by atomic mass is 79.9. The van der Waals surface area contributed by atoms with Crippen molar-refractivity contribution in [2.24, 2.45) is 0 Å². The van der Waals surface area contributed by atoms with Gasteiger partial charge in [0.15, 0.2) is 0 Å². The van der Waals surface area contributed by atoms with E-state index >= 15 is 0 Å². The number of rotatable bonds is 2. The van der Waals surface area contributed by atoms with Crippen molar-refractivity contribution in [3.63, 3.8) is 0 Å². The maximum Gasteiger partial charge on any atom is 0.122 e. The largest absolute Gasteiger partial charge is 0.302 e. The maximum atomic E-state index is 5.22. The lowest BCUT2D eigenvalue weighted by atomic mass is 10.2. The van der Waals surface area contributed by atoms with E-state index in [4.69, 9.17) is 12.2 Å². The van der Waals surface area contributed by atoms with Crippen LogP contribution in [0.3, 0.4) is 0 Å². The standard InChI is InChI=1S/C11H11BrN2S/c1-8-6-11(15)14(13-8)7-9-2-4-10(12)5-3-9/h2-6,13H,7H2,1H3. The molecule has 1 heterocycles. The fourth-order valence-electron chi connectivity index (χ4n) is 1.45. The molecular formula is C11H11BrN2S. The van der Waals surface area contributed by atoms with Gasteiger partial charge in [-0.3, -0.25) is 4.68 Å². The average molecular weight is 283 g/mol. The summed E-state index contributed by atoms with van der Waals surface area (Å²) in [5.41, 5.74) is 2.33. The van der Waals surface area contributed by atoms with Crippen LogP contribution >= 0.6 is 28.1 Å². The predicted octanol–water partition coefficient (Wildman–Crippen LogP) is 3.66. The Morgan fingerprint density at radius 1 is 1.33 bits per heavy atom. The molecule has 0 spiro atoms. The van der Waals surface area contributed by atoms with Crippen LogP contribution in [0, 0.1) is 11.6 Å². The number of nitrogens with zero attached hydrogens (tertiary/aromatic N) is 1. The van der Waals surface area contributed by atoms with Gasteiger partial charge in [0, 0.05) is 10.2 Å². The highest BCUT2D eigenvalue weighted by molar-refractivity contribution is 9.10. The number of aryl methyl sites for hydroxylation is 1. The SMILES string of the molecule is Cc1cc(=S)n(Cc2ccc(Br)cc2)[nH]1. The van der Waals surface area contributed by atoms with E-state index in [0.717, 1.165) is 21.4 Å². The van der Waals surface area contributed by atoms with Gasteiger partial charge in [0.2, 0.25) is 0 Å². The molecule has 0 fully saturated rings. The molecule has 0 aliphatic heterocycles. The Bertz CT molecular complexity index is 510. The van der Waals surface area contributed by atoms with Crippen molar-refractivity contribution >= 4 is 28.1 Å². The third-order valence-corrected chi connectivity index (χ3v) is 3.04. The first kappa shape index (κ1) is 10.6. The lowest BCUT2D eigenvalue weighted by molar-refractivity contribution is 0.671. The van der Waals surface area contributed by atoms with Crippen molar-refractivity contribution in [2.75, 3.05) is 0 Å². The Hall–Kier alpha value is -0.870. The number of nitrogens with one attached hydrogen (secondary N) is 1. The summed E-state index contributed by atoms with van der Waals surface area (Å²) in [4.78, 5) is 0. The first-order valence-electron chi connectivity index (χ1n) is 4.66. The molecule has 0 aliphatic rings. The summed E-state index contributed by atoms with van der Waals surface area (Å²) in [6, 6.07) is 10.2. The molecule has 0 atom stereocenters. The van der Waals surface area contributed by atoms with Crippen LogP contribution in [-0.4, -0.2) is 9.78 Å².